The largest absolute Gasteiger partial charge is 0.506 e. The molecule has 0 radical (unpaired) electrons. The van der Waals surface area contributed by atoms with Crippen molar-refractivity contribution < 1.29 is 15.0 Å². The standard InChI is InChI=1S/C15H11I4NO3S/c16-8-4-7(5-9(17)13(8)21)24-14-10(18)1-6(2-11(14)19)3-12(20)15(22)23/h1-2,4-5,12,21H,3,20H2,(H,22,23)/t12-/m0/s1. The quantitative estimate of drug-likeness (QED) is 0.375. The molecular formula is C15H11I4NO3S. The second-order valence-electron chi connectivity index (χ2n) is 4.88. The average Bonchev–Trinajstić information content (AvgIpc) is 2.48. The van der Waals surface area contributed by atoms with Gasteiger partial charge in [-0.25, -0.2) is 0 Å². The average molecular weight is 793 g/mol. The first-order valence-corrected chi connectivity index (χ1v) is 11.6. The molecule has 0 aliphatic heterocycles. The molecule has 2 aromatic rings. The third-order valence-electron chi connectivity index (χ3n) is 3.04. The lowest BCUT2D eigenvalue weighted by Gasteiger charge is -2.13. The summed E-state index contributed by atoms with van der Waals surface area (Å²) in [5.41, 5.74) is 6.54. The molecule has 2 aromatic carbocycles. The summed E-state index contributed by atoms with van der Waals surface area (Å²) in [6, 6.07) is 6.95. The number of carbonyl (C=O) groups is 1. The summed E-state index contributed by atoms with van der Waals surface area (Å²) in [6.45, 7) is 0. The first-order chi connectivity index (χ1) is 11.2. The van der Waals surface area contributed by atoms with Crippen LogP contribution < -0.4 is 5.73 Å². The Kier molecular flexibility index (Phi) is 8.17. The van der Waals surface area contributed by atoms with Crippen LogP contribution in [0.5, 0.6) is 5.75 Å². The number of carboxylic acids is 1. The van der Waals surface area contributed by atoms with E-state index < -0.39 is 12.0 Å². The van der Waals surface area contributed by atoms with Crippen molar-refractivity contribution in [1.29, 1.82) is 0 Å². The van der Waals surface area contributed by atoms with E-state index in [1.807, 2.05) is 24.3 Å². The predicted octanol–water partition coefficient (Wildman–Crippen LogP) is 4.92. The number of phenolic OH excluding ortho intramolecular Hbond substituents is 1. The number of hydrogen-bond acceptors (Lipinski definition) is 4. The number of aliphatic carboxylic acids is 1. The number of aromatic hydroxyl groups is 1. The van der Waals surface area contributed by atoms with Crippen LogP contribution in [0.3, 0.4) is 0 Å². The molecule has 0 aromatic heterocycles. The topological polar surface area (TPSA) is 83.5 Å². The number of phenols is 1. The molecule has 0 aliphatic rings. The Morgan fingerprint density at radius 2 is 1.54 bits per heavy atom. The van der Waals surface area contributed by atoms with Crippen LogP contribution in [0.2, 0.25) is 0 Å². The van der Waals surface area contributed by atoms with Crippen molar-refractivity contribution in [3.8, 4) is 5.75 Å². The van der Waals surface area contributed by atoms with Gasteiger partial charge < -0.3 is 15.9 Å². The van der Waals surface area contributed by atoms with Crippen molar-refractivity contribution in [2.24, 2.45) is 5.73 Å². The van der Waals surface area contributed by atoms with Gasteiger partial charge >= 0.3 is 5.97 Å². The first-order valence-electron chi connectivity index (χ1n) is 6.51. The highest BCUT2D eigenvalue weighted by atomic mass is 127. The molecule has 1 atom stereocenters. The fourth-order valence-electron chi connectivity index (χ4n) is 1.89. The van der Waals surface area contributed by atoms with Gasteiger partial charge in [-0.2, -0.15) is 0 Å². The SMILES string of the molecule is N[C@@H](Cc1cc(I)c(Sc2cc(I)c(O)c(I)c2)c(I)c1)C(=O)O. The zero-order chi connectivity index (χ0) is 18.0. The van der Waals surface area contributed by atoms with Crippen molar-refractivity contribution in [2.45, 2.75) is 22.3 Å². The van der Waals surface area contributed by atoms with Gasteiger partial charge in [-0.3, -0.25) is 4.79 Å². The van der Waals surface area contributed by atoms with Crippen LogP contribution in [-0.4, -0.2) is 22.2 Å². The number of benzene rings is 2. The zero-order valence-electron chi connectivity index (χ0n) is 11.9. The highest BCUT2D eigenvalue weighted by Gasteiger charge is 2.16. The fourth-order valence-corrected chi connectivity index (χ4v) is 7.54. The number of hydrogen-bond donors (Lipinski definition) is 3. The molecule has 128 valence electrons. The van der Waals surface area contributed by atoms with Crippen LogP contribution in [0, 0.1) is 14.3 Å². The van der Waals surface area contributed by atoms with Gasteiger partial charge in [0.2, 0.25) is 0 Å². The minimum atomic E-state index is -0.994. The highest BCUT2D eigenvalue weighted by Crippen LogP contribution is 2.39. The monoisotopic (exact) mass is 793 g/mol. The predicted molar refractivity (Wildman–Crippen MR) is 129 cm³/mol. The molecule has 0 spiro atoms. The Morgan fingerprint density at radius 3 is 2.00 bits per heavy atom. The van der Waals surface area contributed by atoms with Gasteiger partial charge in [0.1, 0.15) is 11.8 Å². The third kappa shape index (κ3) is 5.47. The second-order valence-corrected chi connectivity index (χ2v) is 10.6. The van der Waals surface area contributed by atoms with E-state index in [1.54, 1.807) is 11.8 Å². The van der Waals surface area contributed by atoms with Crippen LogP contribution in [0.4, 0.5) is 0 Å². The molecule has 0 aliphatic carbocycles. The number of rotatable bonds is 5. The van der Waals surface area contributed by atoms with E-state index in [0.717, 1.165) is 29.6 Å². The number of nitrogens with two attached hydrogens (primary N) is 1. The Morgan fingerprint density at radius 1 is 1.04 bits per heavy atom. The molecular weight excluding hydrogens is 782 g/mol. The van der Waals surface area contributed by atoms with Gasteiger partial charge in [0.05, 0.1) is 7.14 Å². The highest BCUT2D eigenvalue weighted by molar-refractivity contribution is 14.1. The van der Waals surface area contributed by atoms with Crippen LogP contribution in [0.1, 0.15) is 5.56 Å². The summed E-state index contributed by atoms with van der Waals surface area (Å²) in [4.78, 5) is 13.1. The van der Waals surface area contributed by atoms with E-state index in [2.05, 4.69) is 90.4 Å². The van der Waals surface area contributed by atoms with E-state index in [1.165, 1.54) is 0 Å². The summed E-state index contributed by atoms with van der Waals surface area (Å²) < 4.78 is 3.73. The lowest BCUT2D eigenvalue weighted by atomic mass is 10.1. The minimum absolute atomic E-state index is 0.307. The molecule has 2 rings (SSSR count). The Balaban J connectivity index is 2.30. The second kappa shape index (κ2) is 9.23. The molecule has 0 heterocycles. The Bertz CT molecular complexity index is 754. The molecule has 4 N–H and O–H groups in total. The summed E-state index contributed by atoms with van der Waals surface area (Å²) in [7, 11) is 0. The molecule has 0 amide bonds. The van der Waals surface area contributed by atoms with Gasteiger partial charge in [-0.15, -0.1) is 0 Å². The lowest BCUT2D eigenvalue weighted by Crippen LogP contribution is -2.32. The van der Waals surface area contributed by atoms with Crippen LogP contribution in [-0.2, 0) is 11.2 Å². The first kappa shape index (κ1) is 21.2. The zero-order valence-corrected chi connectivity index (χ0v) is 21.3. The molecule has 0 saturated carbocycles. The molecule has 0 fully saturated rings. The maximum Gasteiger partial charge on any atom is 0.320 e. The van der Waals surface area contributed by atoms with Crippen molar-refractivity contribution in [3.05, 3.63) is 44.1 Å². The van der Waals surface area contributed by atoms with Gasteiger partial charge in [-0.05, 0) is 127 Å². The minimum Gasteiger partial charge on any atom is -0.506 e. The van der Waals surface area contributed by atoms with Gasteiger partial charge in [-0.1, -0.05) is 11.8 Å². The van der Waals surface area contributed by atoms with E-state index in [0.29, 0.717) is 12.2 Å². The van der Waals surface area contributed by atoms with Crippen molar-refractivity contribution in [3.63, 3.8) is 0 Å². The van der Waals surface area contributed by atoms with E-state index in [-0.39, 0.29) is 0 Å². The molecule has 0 bridgehead atoms. The fraction of sp³-hybridized carbons (Fsp3) is 0.133. The summed E-state index contributed by atoms with van der Waals surface area (Å²) in [5, 5.41) is 18.8. The Hall–Kier alpha value is 0.940. The number of halogens is 4. The molecule has 24 heavy (non-hydrogen) atoms. The molecule has 0 saturated heterocycles. The smallest absolute Gasteiger partial charge is 0.320 e. The third-order valence-corrected chi connectivity index (χ3v) is 8.23. The van der Waals surface area contributed by atoms with Gasteiger partial charge in [0.15, 0.2) is 0 Å². The van der Waals surface area contributed by atoms with E-state index in [9.17, 15) is 9.90 Å². The van der Waals surface area contributed by atoms with Gasteiger partial charge in [0.25, 0.3) is 0 Å². The summed E-state index contributed by atoms with van der Waals surface area (Å²) in [5.74, 6) is -0.685. The van der Waals surface area contributed by atoms with E-state index in [4.69, 9.17) is 10.8 Å². The van der Waals surface area contributed by atoms with Crippen molar-refractivity contribution >= 4 is 108 Å². The molecule has 9 heteroatoms. The van der Waals surface area contributed by atoms with Crippen molar-refractivity contribution in [1.82, 2.24) is 0 Å². The van der Waals surface area contributed by atoms with Crippen LogP contribution in [0.25, 0.3) is 0 Å². The van der Waals surface area contributed by atoms with Gasteiger partial charge in [0, 0.05) is 16.9 Å². The van der Waals surface area contributed by atoms with E-state index >= 15 is 0 Å². The summed E-state index contributed by atoms with van der Waals surface area (Å²) in [6.07, 6.45) is 0.307. The van der Waals surface area contributed by atoms with Crippen molar-refractivity contribution in [2.75, 3.05) is 0 Å². The normalized spacial score (nSPS) is 12.2. The summed E-state index contributed by atoms with van der Waals surface area (Å²) >= 11 is 10.4. The Labute approximate surface area is 198 Å². The van der Waals surface area contributed by atoms with Crippen LogP contribution in [0.15, 0.2) is 34.1 Å². The maximum absolute atomic E-state index is 10.9. The molecule has 0 unspecified atom stereocenters. The lowest BCUT2D eigenvalue weighted by molar-refractivity contribution is -0.138. The number of carboxylic acid groups (broad SMARTS) is 1. The maximum atomic E-state index is 10.9. The van der Waals surface area contributed by atoms with Crippen LogP contribution >= 0.6 is 102 Å². The molecule has 4 nitrogen and oxygen atoms in total.